The average Bonchev–Trinajstić information content (AvgIpc) is 3.25. The standard InChI is InChI=1S/C24H35N5OS/c1-4-21-10-11-22(31-21)16-25-24(26-17-23(30)28(2)3)27-20-12-14-29(15-13-20)18-19-8-6-5-7-9-19/h5-11,20H,4,12-18H2,1-3H3,(H2,25,26,27). The van der Waals surface area contributed by atoms with E-state index in [2.05, 4.69) is 69.9 Å². The van der Waals surface area contributed by atoms with E-state index < -0.39 is 0 Å². The number of hydrogen-bond donors (Lipinski definition) is 2. The number of piperidine rings is 1. The van der Waals surface area contributed by atoms with E-state index in [4.69, 9.17) is 0 Å². The SMILES string of the molecule is CCc1ccc(CNC(=NCC(=O)N(C)C)NC2CCN(Cc3ccccc3)CC2)s1. The van der Waals surface area contributed by atoms with Gasteiger partial charge in [-0.1, -0.05) is 37.3 Å². The van der Waals surface area contributed by atoms with E-state index in [1.54, 1.807) is 19.0 Å². The van der Waals surface area contributed by atoms with Crippen LogP contribution < -0.4 is 10.6 Å². The molecular weight excluding hydrogens is 406 g/mol. The van der Waals surface area contributed by atoms with Crippen molar-refractivity contribution in [2.45, 2.75) is 45.3 Å². The predicted octanol–water partition coefficient (Wildman–Crippen LogP) is 3.10. The van der Waals surface area contributed by atoms with Crippen molar-refractivity contribution in [1.82, 2.24) is 20.4 Å². The summed E-state index contributed by atoms with van der Waals surface area (Å²) >= 11 is 1.82. The van der Waals surface area contributed by atoms with Crippen LogP contribution in [0.2, 0.25) is 0 Å². The van der Waals surface area contributed by atoms with E-state index in [0.717, 1.165) is 51.4 Å². The smallest absolute Gasteiger partial charge is 0.243 e. The van der Waals surface area contributed by atoms with Gasteiger partial charge in [0, 0.05) is 49.5 Å². The normalized spacial score (nSPS) is 15.6. The third kappa shape index (κ3) is 7.67. The molecule has 1 saturated heterocycles. The zero-order chi connectivity index (χ0) is 22.1. The van der Waals surface area contributed by atoms with Crippen LogP contribution >= 0.6 is 11.3 Å². The minimum Gasteiger partial charge on any atom is -0.354 e. The van der Waals surface area contributed by atoms with Gasteiger partial charge >= 0.3 is 0 Å². The maximum Gasteiger partial charge on any atom is 0.243 e. The van der Waals surface area contributed by atoms with Crippen LogP contribution in [0.4, 0.5) is 0 Å². The Morgan fingerprint density at radius 1 is 1.13 bits per heavy atom. The van der Waals surface area contributed by atoms with E-state index in [-0.39, 0.29) is 12.5 Å². The Labute approximate surface area is 190 Å². The number of guanidine groups is 1. The van der Waals surface area contributed by atoms with Gasteiger partial charge in [0.1, 0.15) is 6.54 Å². The number of aryl methyl sites for hydroxylation is 1. The van der Waals surface area contributed by atoms with Crippen LogP contribution in [0.15, 0.2) is 47.5 Å². The second-order valence-electron chi connectivity index (χ2n) is 8.21. The molecule has 168 valence electrons. The zero-order valence-corrected chi connectivity index (χ0v) is 19.8. The Morgan fingerprint density at radius 3 is 2.48 bits per heavy atom. The van der Waals surface area contributed by atoms with E-state index in [1.807, 2.05) is 11.3 Å². The number of carbonyl (C=O) groups excluding carboxylic acids is 1. The number of rotatable bonds is 8. The molecule has 1 aromatic carbocycles. The fourth-order valence-corrected chi connectivity index (χ4v) is 4.49. The number of benzene rings is 1. The number of nitrogens with zero attached hydrogens (tertiary/aromatic N) is 3. The first-order valence-corrected chi connectivity index (χ1v) is 11.9. The highest BCUT2D eigenvalue weighted by molar-refractivity contribution is 7.11. The summed E-state index contributed by atoms with van der Waals surface area (Å²) in [6, 6.07) is 15.4. The lowest BCUT2D eigenvalue weighted by Gasteiger charge is -2.33. The van der Waals surface area contributed by atoms with Gasteiger partial charge in [-0.3, -0.25) is 9.69 Å². The maximum absolute atomic E-state index is 12.0. The Morgan fingerprint density at radius 2 is 1.84 bits per heavy atom. The van der Waals surface area contributed by atoms with Gasteiger partial charge in [-0.2, -0.15) is 0 Å². The Hall–Kier alpha value is -2.38. The molecule has 0 saturated carbocycles. The van der Waals surface area contributed by atoms with Crippen LogP contribution in [0, 0.1) is 0 Å². The van der Waals surface area contributed by atoms with E-state index >= 15 is 0 Å². The molecule has 1 aromatic heterocycles. The molecule has 0 unspecified atom stereocenters. The van der Waals surface area contributed by atoms with Crippen molar-refractivity contribution in [3.8, 4) is 0 Å². The molecule has 0 spiro atoms. The highest BCUT2D eigenvalue weighted by Crippen LogP contribution is 2.17. The van der Waals surface area contributed by atoms with Crippen LogP contribution in [0.3, 0.4) is 0 Å². The number of hydrogen-bond acceptors (Lipinski definition) is 4. The zero-order valence-electron chi connectivity index (χ0n) is 18.9. The summed E-state index contributed by atoms with van der Waals surface area (Å²) in [5.41, 5.74) is 1.36. The van der Waals surface area contributed by atoms with Gasteiger partial charge in [-0.05, 0) is 37.0 Å². The van der Waals surface area contributed by atoms with Crippen LogP contribution in [0.1, 0.15) is 35.1 Å². The lowest BCUT2D eigenvalue weighted by atomic mass is 10.0. The maximum atomic E-state index is 12.0. The topological polar surface area (TPSA) is 60.0 Å². The van der Waals surface area contributed by atoms with Gasteiger partial charge in [0.15, 0.2) is 5.96 Å². The molecule has 6 nitrogen and oxygen atoms in total. The summed E-state index contributed by atoms with van der Waals surface area (Å²) in [5, 5.41) is 7.00. The number of likely N-dealkylation sites (N-methyl/N-ethyl adjacent to an activating group) is 1. The van der Waals surface area contributed by atoms with E-state index in [1.165, 1.54) is 15.3 Å². The van der Waals surface area contributed by atoms with Crippen molar-refractivity contribution in [1.29, 1.82) is 0 Å². The molecule has 1 amide bonds. The van der Waals surface area contributed by atoms with Crippen molar-refractivity contribution in [2.24, 2.45) is 4.99 Å². The van der Waals surface area contributed by atoms with Crippen molar-refractivity contribution >= 4 is 23.2 Å². The quantitative estimate of drug-likeness (QED) is 0.488. The van der Waals surface area contributed by atoms with Crippen molar-refractivity contribution in [3.05, 3.63) is 57.8 Å². The Bertz CT molecular complexity index is 841. The lowest BCUT2D eigenvalue weighted by Crippen LogP contribution is -2.48. The molecular formula is C24H35N5OS. The molecule has 0 bridgehead atoms. The second-order valence-corrected chi connectivity index (χ2v) is 9.46. The molecule has 7 heteroatoms. The van der Waals surface area contributed by atoms with Crippen molar-refractivity contribution in [2.75, 3.05) is 33.7 Å². The third-order valence-corrected chi connectivity index (χ3v) is 6.77. The van der Waals surface area contributed by atoms with Crippen molar-refractivity contribution in [3.63, 3.8) is 0 Å². The summed E-state index contributed by atoms with van der Waals surface area (Å²) in [6.07, 6.45) is 3.19. The van der Waals surface area contributed by atoms with Crippen LogP contribution in [0.5, 0.6) is 0 Å². The first-order chi connectivity index (χ1) is 15.0. The Balaban J connectivity index is 1.53. The first kappa shape index (κ1) is 23.3. The molecule has 1 fully saturated rings. The number of aliphatic imine (C=N–C) groups is 1. The van der Waals surface area contributed by atoms with Gasteiger partial charge in [0.05, 0.1) is 6.54 Å². The van der Waals surface area contributed by atoms with Gasteiger partial charge in [-0.15, -0.1) is 11.3 Å². The number of likely N-dealkylation sites (tertiary alicyclic amines) is 1. The fourth-order valence-electron chi connectivity index (χ4n) is 3.59. The minimum atomic E-state index is 0.00294. The second kappa shape index (κ2) is 11.9. The molecule has 2 heterocycles. The van der Waals surface area contributed by atoms with E-state index in [0.29, 0.717) is 6.04 Å². The third-order valence-electron chi connectivity index (χ3n) is 5.54. The molecule has 0 atom stereocenters. The highest BCUT2D eigenvalue weighted by atomic mass is 32.1. The first-order valence-electron chi connectivity index (χ1n) is 11.1. The summed E-state index contributed by atoms with van der Waals surface area (Å²) in [5.74, 6) is 0.728. The molecule has 1 aliphatic rings. The molecule has 1 aliphatic heterocycles. The van der Waals surface area contributed by atoms with Gasteiger partial charge in [-0.25, -0.2) is 4.99 Å². The van der Waals surface area contributed by atoms with Crippen LogP contribution in [0.25, 0.3) is 0 Å². The summed E-state index contributed by atoms with van der Waals surface area (Å²) in [4.78, 5) is 23.3. The predicted molar refractivity (Wildman–Crippen MR) is 129 cm³/mol. The number of carbonyl (C=O) groups is 1. The molecule has 0 radical (unpaired) electrons. The molecule has 3 rings (SSSR count). The molecule has 0 aliphatic carbocycles. The van der Waals surface area contributed by atoms with Gasteiger partial charge in [0.25, 0.3) is 0 Å². The van der Waals surface area contributed by atoms with Crippen LogP contribution in [-0.2, 0) is 24.3 Å². The summed E-state index contributed by atoms with van der Waals surface area (Å²) in [7, 11) is 3.53. The monoisotopic (exact) mass is 441 g/mol. The number of thiophene rings is 1. The van der Waals surface area contributed by atoms with Gasteiger partial charge in [0.2, 0.25) is 5.91 Å². The Kier molecular flexibility index (Phi) is 8.91. The number of amides is 1. The average molecular weight is 442 g/mol. The van der Waals surface area contributed by atoms with Gasteiger partial charge < -0.3 is 15.5 Å². The summed E-state index contributed by atoms with van der Waals surface area (Å²) < 4.78 is 0. The molecule has 31 heavy (non-hydrogen) atoms. The fraction of sp³-hybridized carbons (Fsp3) is 0.500. The number of nitrogens with one attached hydrogen (secondary N) is 2. The highest BCUT2D eigenvalue weighted by Gasteiger charge is 2.20. The van der Waals surface area contributed by atoms with Crippen molar-refractivity contribution < 1.29 is 4.79 Å². The minimum absolute atomic E-state index is 0.00294. The van der Waals surface area contributed by atoms with Crippen LogP contribution in [-0.4, -0.2) is 61.4 Å². The lowest BCUT2D eigenvalue weighted by molar-refractivity contribution is -0.127. The molecule has 2 N–H and O–H groups in total. The van der Waals surface area contributed by atoms with E-state index in [9.17, 15) is 4.79 Å². The molecule has 2 aromatic rings. The largest absolute Gasteiger partial charge is 0.354 e. The summed E-state index contributed by atoms with van der Waals surface area (Å²) in [6.45, 7) is 6.17.